The van der Waals surface area contributed by atoms with Crippen LogP contribution in [0.4, 0.5) is 5.69 Å². The first-order valence-corrected chi connectivity index (χ1v) is 10.8. The minimum absolute atomic E-state index is 0.323. The second-order valence-corrected chi connectivity index (χ2v) is 8.18. The fourth-order valence-electron chi connectivity index (χ4n) is 3.64. The molecule has 0 aliphatic carbocycles. The van der Waals surface area contributed by atoms with Crippen LogP contribution in [0.5, 0.6) is 11.5 Å². The maximum absolute atomic E-state index is 12.7. The summed E-state index contributed by atoms with van der Waals surface area (Å²) in [4.78, 5) is 12.7. The van der Waals surface area contributed by atoms with Crippen molar-refractivity contribution in [2.45, 2.75) is 6.92 Å². The van der Waals surface area contributed by atoms with Gasteiger partial charge in [0, 0.05) is 39.2 Å². The van der Waals surface area contributed by atoms with Crippen LogP contribution in [-0.4, -0.2) is 20.1 Å². The summed E-state index contributed by atoms with van der Waals surface area (Å²) in [6.07, 6.45) is 3.19. The number of halogens is 2. The zero-order chi connectivity index (χ0) is 23.5. The van der Waals surface area contributed by atoms with Gasteiger partial charge >= 0.3 is 0 Å². The molecule has 0 fully saturated rings. The molecule has 0 unspecified atom stereocenters. The molecule has 1 aromatic heterocycles. The van der Waals surface area contributed by atoms with Crippen molar-refractivity contribution in [1.82, 2.24) is 0 Å². The molecule has 33 heavy (non-hydrogen) atoms. The number of hydrogen-bond acceptors (Lipinski definition) is 4. The maximum atomic E-state index is 12.7. The number of hydrogen-bond donors (Lipinski definition) is 1. The second kappa shape index (κ2) is 9.61. The van der Waals surface area contributed by atoms with Crippen LogP contribution in [0.2, 0.25) is 10.0 Å². The molecule has 0 aliphatic rings. The number of amides is 1. The number of allylic oxidation sites excluding steroid dienone is 1. The predicted molar refractivity (Wildman–Crippen MR) is 133 cm³/mol. The summed E-state index contributed by atoms with van der Waals surface area (Å²) in [5.41, 5.74) is 4.42. The molecular formula is C26H21Cl2NO4. The zero-order valence-corrected chi connectivity index (χ0v) is 19.8. The number of carbonyl (C=O) groups excluding carboxylic acids is 1. The molecule has 0 saturated carbocycles. The van der Waals surface area contributed by atoms with Crippen LogP contribution in [0.25, 0.3) is 27.7 Å². The Balaban J connectivity index is 1.73. The van der Waals surface area contributed by atoms with Crippen molar-refractivity contribution >= 4 is 51.3 Å². The van der Waals surface area contributed by atoms with Gasteiger partial charge in [0.05, 0.1) is 31.2 Å². The number of carbonyl (C=O) groups is 1. The van der Waals surface area contributed by atoms with Gasteiger partial charge in [0.1, 0.15) is 17.1 Å². The summed E-state index contributed by atoms with van der Waals surface area (Å²) >= 11 is 12.1. The third kappa shape index (κ3) is 4.70. The number of anilines is 1. The molecule has 1 heterocycles. The van der Waals surface area contributed by atoms with Gasteiger partial charge in [-0.25, -0.2) is 0 Å². The Morgan fingerprint density at radius 1 is 0.970 bits per heavy atom. The van der Waals surface area contributed by atoms with Gasteiger partial charge in [0.25, 0.3) is 0 Å². The van der Waals surface area contributed by atoms with Crippen molar-refractivity contribution in [3.63, 3.8) is 0 Å². The largest absolute Gasteiger partial charge is 0.496 e. The smallest absolute Gasteiger partial charge is 0.248 e. The van der Waals surface area contributed by atoms with E-state index in [-0.39, 0.29) is 5.91 Å². The van der Waals surface area contributed by atoms with Crippen LogP contribution in [0.3, 0.4) is 0 Å². The molecule has 1 N–H and O–H groups in total. The van der Waals surface area contributed by atoms with Crippen LogP contribution in [0, 0.1) is 0 Å². The standard InChI is InChI=1S/C26H21Cl2NO4/c1-15(10-26(30)29-22-9-8-16(27)11-21(22)28)18-12-19-20(14-33-25(19)13-24(18)32-3)17-6-4-5-7-23(17)31-2/h4-14H,1-3H3,(H,29,30)/b15-10+. The number of fused-ring (bicyclic) bond motifs is 1. The van der Waals surface area contributed by atoms with E-state index in [0.717, 1.165) is 27.8 Å². The Morgan fingerprint density at radius 3 is 2.45 bits per heavy atom. The molecule has 0 saturated heterocycles. The highest BCUT2D eigenvalue weighted by Crippen LogP contribution is 2.40. The first kappa shape index (κ1) is 22.8. The molecular weight excluding hydrogens is 461 g/mol. The highest BCUT2D eigenvalue weighted by Gasteiger charge is 2.17. The normalized spacial score (nSPS) is 11.5. The molecule has 3 aromatic carbocycles. The fraction of sp³-hybridized carbons (Fsp3) is 0.115. The third-order valence-corrected chi connectivity index (χ3v) is 5.80. The summed E-state index contributed by atoms with van der Waals surface area (Å²) < 4.78 is 16.9. The number of furan rings is 1. The Morgan fingerprint density at radius 2 is 1.73 bits per heavy atom. The van der Waals surface area contributed by atoms with E-state index >= 15 is 0 Å². The first-order valence-electron chi connectivity index (χ1n) is 10.1. The Hall–Kier alpha value is -3.41. The lowest BCUT2D eigenvalue weighted by molar-refractivity contribution is -0.111. The minimum Gasteiger partial charge on any atom is -0.496 e. The van der Waals surface area contributed by atoms with E-state index in [2.05, 4.69) is 5.32 Å². The molecule has 0 aliphatic heterocycles. The van der Waals surface area contributed by atoms with Crippen LogP contribution in [0.1, 0.15) is 12.5 Å². The lowest BCUT2D eigenvalue weighted by Gasteiger charge is -2.11. The van der Waals surface area contributed by atoms with Gasteiger partial charge < -0.3 is 19.2 Å². The van der Waals surface area contributed by atoms with Crippen molar-refractivity contribution in [1.29, 1.82) is 0 Å². The van der Waals surface area contributed by atoms with E-state index < -0.39 is 0 Å². The monoisotopic (exact) mass is 481 g/mol. The fourth-order valence-corrected chi connectivity index (χ4v) is 4.10. The molecule has 1 amide bonds. The summed E-state index contributed by atoms with van der Waals surface area (Å²) in [5.74, 6) is 1.01. The van der Waals surface area contributed by atoms with E-state index in [1.165, 1.54) is 6.08 Å². The van der Waals surface area contributed by atoms with Gasteiger partial charge in [-0.1, -0.05) is 41.4 Å². The van der Waals surface area contributed by atoms with Crippen molar-refractivity contribution in [2.24, 2.45) is 0 Å². The topological polar surface area (TPSA) is 60.7 Å². The van der Waals surface area contributed by atoms with Crippen LogP contribution in [-0.2, 0) is 4.79 Å². The number of methoxy groups -OCH3 is 2. The molecule has 168 valence electrons. The highest BCUT2D eigenvalue weighted by atomic mass is 35.5. The van der Waals surface area contributed by atoms with Crippen molar-refractivity contribution in [3.8, 4) is 22.6 Å². The summed E-state index contributed by atoms with van der Waals surface area (Å²) in [7, 11) is 3.21. The molecule has 0 bridgehead atoms. The quantitative estimate of drug-likeness (QED) is 0.290. The van der Waals surface area contributed by atoms with Gasteiger partial charge in [-0.05, 0) is 42.8 Å². The minimum atomic E-state index is -0.323. The number of rotatable bonds is 6. The average Bonchev–Trinajstić information content (AvgIpc) is 3.22. The van der Waals surface area contributed by atoms with Crippen LogP contribution >= 0.6 is 23.2 Å². The van der Waals surface area contributed by atoms with E-state index in [4.69, 9.17) is 37.1 Å². The van der Waals surface area contributed by atoms with Gasteiger partial charge in [0.2, 0.25) is 5.91 Å². The highest BCUT2D eigenvalue weighted by molar-refractivity contribution is 6.36. The van der Waals surface area contributed by atoms with Crippen molar-refractivity contribution in [2.75, 3.05) is 19.5 Å². The average molecular weight is 482 g/mol. The zero-order valence-electron chi connectivity index (χ0n) is 18.2. The number of para-hydroxylation sites is 1. The van der Waals surface area contributed by atoms with Crippen LogP contribution in [0.15, 0.2) is 71.4 Å². The lowest BCUT2D eigenvalue weighted by Crippen LogP contribution is -2.09. The van der Waals surface area contributed by atoms with Gasteiger partial charge in [-0.2, -0.15) is 0 Å². The molecule has 7 heteroatoms. The lowest BCUT2D eigenvalue weighted by atomic mass is 9.98. The Bertz CT molecular complexity index is 1370. The maximum Gasteiger partial charge on any atom is 0.248 e. The summed E-state index contributed by atoms with van der Waals surface area (Å²) in [6.45, 7) is 1.84. The third-order valence-electron chi connectivity index (χ3n) is 5.25. The molecule has 0 atom stereocenters. The molecule has 4 rings (SSSR count). The predicted octanol–water partition coefficient (Wildman–Crippen LogP) is 7.47. The summed E-state index contributed by atoms with van der Waals surface area (Å²) in [5, 5.41) is 4.51. The van der Waals surface area contributed by atoms with E-state index in [1.807, 2.05) is 43.3 Å². The number of ether oxygens (including phenoxy) is 2. The van der Waals surface area contributed by atoms with Gasteiger partial charge in [0.15, 0.2) is 0 Å². The van der Waals surface area contributed by atoms with E-state index in [0.29, 0.717) is 32.6 Å². The van der Waals surface area contributed by atoms with E-state index in [9.17, 15) is 4.79 Å². The molecule has 0 radical (unpaired) electrons. The summed E-state index contributed by atoms with van der Waals surface area (Å²) in [6, 6.07) is 16.4. The van der Waals surface area contributed by atoms with Crippen molar-refractivity contribution in [3.05, 3.63) is 82.5 Å². The van der Waals surface area contributed by atoms with Crippen molar-refractivity contribution < 1.29 is 18.7 Å². The SMILES string of the molecule is COc1cc2occ(-c3ccccc3OC)c2cc1/C(C)=C/C(=O)Nc1ccc(Cl)cc1Cl. The van der Waals surface area contributed by atoms with Gasteiger partial charge in [-0.3, -0.25) is 4.79 Å². The number of benzene rings is 3. The van der Waals surface area contributed by atoms with Crippen LogP contribution < -0.4 is 14.8 Å². The first-order chi connectivity index (χ1) is 15.9. The Labute approximate surface area is 201 Å². The molecule has 4 aromatic rings. The van der Waals surface area contributed by atoms with Gasteiger partial charge in [-0.15, -0.1) is 0 Å². The van der Waals surface area contributed by atoms with E-state index in [1.54, 1.807) is 38.7 Å². The molecule has 5 nitrogen and oxygen atoms in total. The Kier molecular flexibility index (Phi) is 6.63. The number of nitrogens with one attached hydrogen (secondary N) is 1. The second-order valence-electron chi connectivity index (χ2n) is 7.34. The molecule has 0 spiro atoms.